The molecule has 166 valence electrons. The number of Topliss-reactive ketones (excluding diaryl/α,β-unsaturated/α-hetero) is 1. The summed E-state index contributed by atoms with van der Waals surface area (Å²) >= 11 is 0. The third-order valence-electron chi connectivity index (χ3n) is 10.5. The fraction of sp³-hybridized carbons (Fsp3) is 0.960. The molecule has 4 heteroatoms. The molecule has 4 rings (SSSR count). The summed E-state index contributed by atoms with van der Waals surface area (Å²) in [6.07, 6.45) is 8.19. The zero-order valence-corrected chi connectivity index (χ0v) is 18.9. The van der Waals surface area contributed by atoms with Crippen molar-refractivity contribution in [3.63, 3.8) is 0 Å². The summed E-state index contributed by atoms with van der Waals surface area (Å²) < 4.78 is 0. The van der Waals surface area contributed by atoms with E-state index < -0.39 is 0 Å². The van der Waals surface area contributed by atoms with E-state index in [-0.39, 0.29) is 34.9 Å². The summed E-state index contributed by atoms with van der Waals surface area (Å²) in [5, 5.41) is 22.9. The normalized spacial score (nSPS) is 52.9. The van der Waals surface area contributed by atoms with Gasteiger partial charge in [0.25, 0.3) is 0 Å². The first-order chi connectivity index (χ1) is 13.6. The molecule has 4 fully saturated rings. The lowest BCUT2D eigenvalue weighted by molar-refractivity contribution is -0.202. The number of rotatable bonds is 4. The molecule has 0 amide bonds. The first-order valence-corrected chi connectivity index (χ1v) is 12.2. The maximum atomic E-state index is 11.5. The molecule has 0 bridgehead atoms. The van der Waals surface area contributed by atoms with E-state index in [2.05, 4.69) is 20.8 Å². The minimum absolute atomic E-state index is 0.132. The van der Waals surface area contributed by atoms with Gasteiger partial charge >= 0.3 is 0 Å². The summed E-state index contributed by atoms with van der Waals surface area (Å²) in [5.74, 6) is 2.75. The highest BCUT2D eigenvalue weighted by Crippen LogP contribution is 2.68. The van der Waals surface area contributed by atoms with Crippen LogP contribution in [0.3, 0.4) is 0 Å². The predicted molar refractivity (Wildman–Crippen MR) is 115 cm³/mol. The van der Waals surface area contributed by atoms with E-state index in [1.807, 2.05) is 0 Å². The predicted octanol–water partition coefficient (Wildman–Crippen LogP) is 3.92. The molecule has 0 aromatic carbocycles. The molecule has 4 saturated carbocycles. The van der Waals surface area contributed by atoms with Crippen LogP contribution in [-0.2, 0) is 4.79 Å². The number of hydrogen-bond donors (Lipinski definition) is 3. The summed E-state index contributed by atoms with van der Waals surface area (Å²) in [6.45, 7) is 8.69. The van der Waals surface area contributed by atoms with Crippen LogP contribution in [0.25, 0.3) is 0 Å². The second-order valence-electron chi connectivity index (χ2n) is 11.8. The molecule has 0 aromatic heterocycles. The van der Waals surface area contributed by atoms with E-state index in [1.165, 1.54) is 0 Å². The van der Waals surface area contributed by atoms with Crippen molar-refractivity contribution in [1.29, 1.82) is 0 Å². The maximum absolute atomic E-state index is 11.5. The Morgan fingerprint density at radius 3 is 2.52 bits per heavy atom. The van der Waals surface area contributed by atoms with Crippen molar-refractivity contribution in [2.24, 2.45) is 52.1 Å². The van der Waals surface area contributed by atoms with Gasteiger partial charge in [-0.15, -0.1) is 0 Å². The van der Waals surface area contributed by atoms with Crippen LogP contribution < -0.4 is 5.73 Å². The highest BCUT2D eigenvalue weighted by Gasteiger charge is 2.65. The fourth-order valence-electron chi connectivity index (χ4n) is 8.82. The Morgan fingerprint density at radius 2 is 1.83 bits per heavy atom. The van der Waals surface area contributed by atoms with Gasteiger partial charge in [-0.2, -0.15) is 0 Å². The lowest BCUT2D eigenvalue weighted by atomic mass is 9.43. The molecule has 0 saturated heterocycles. The zero-order chi connectivity index (χ0) is 21.1. The van der Waals surface area contributed by atoms with Gasteiger partial charge < -0.3 is 20.7 Å². The van der Waals surface area contributed by atoms with Crippen LogP contribution in [0.5, 0.6) is 0 Å². The van der Waals surface area contributed by atoms with Crippen LogP contribution in [0.15, 0.2) is 0 Å². The standard InChI is InChI=1S/C25H43NO3/c1-14(5-6-15(2)27)18-7-8-19-23-20(13-22(29)25(18,19)4)24(3)10-9-17(26)11-16(24)12-21(23)28/h14,16-23,28-29H,5-13,26H2,1-4H3/t14-,16+,17+,18-,19+,20+,21-,22+,23+,24+,25-/m1/s1. The van der Waals surface area contributed by atoms with E-state index in [0.29, 0.717) is 41.9 Å². The van der Waals surface area contributed by atoms with Gasteiger partial charge in [0.05, 0.1) is 12.2 Å². The van der Waals surface area contributed by atoms with Crippen molar-refractivity contribution in [1.82, 2.24) is 0 Å². The Bertz CT molecular complexity index is 638. The van der Waals surface area contributed by atoms with E-state index in [4.69, 9.17) is 5.73 Å². The first-order valence-electron chi connectivity index (χ1n) is 12.2. The van der Waals surface area contributed by atoms with E-state index in [1.54, 1.807) is 6.92 Å². The van der Waals surface area contributed by atoms with Crippen LogP contribution >= 0.6 is 0 Å². The van der Waals surface area contributed by atoms with Crippen LogP contribution in [-0.4, -0.2) is 34.2 Å². The van der Waals surface area contributed by atoms with Gasteiger partial charge in [0.2, 0.25) is 0 Å². The van der Waals surface area contributed by atoms with Crippen LogP contribution in [0.1, 0.15) is 85.5 Å². The SMILES string of the molecule is CC(=O)CC[C@@H](C)[C@H]1CC[C@H]2[C@@H]3[C@H](O)C[C@@H]4C[C@@H](N)CC[C@]4(C)[C@H]3C[C@H](O)[C@]12C. The van der Waals surface area contributed by atoms with Gasteiger partial charge in [-0.3, -0.25) is 0 Å². The number of ketones is 1. The van der Waals surface area contributed by atoms with Crippen molar-refractivity contribution >= 4 is 5.78 Å². The average molecular weight is 406 g/mol. The lowest BCUT2D eigenvalue weighted by Crippen LogP contribution is -2.62. The van der Waals surface area contributed by atoms with E-state index >= 15 is 0 Å². The van der Waals surface area contributed by atoms with E-state index in [9.17, 15) is 15.0 Å². The molecule has 0 radical (unpaired) electrons. The van der Waals surface area contributed by atoms with Crippen molar-refractivity contribution in [3.05, 3.63) is 0 Å². The molecule has 0 unspecified atom stereocenters. The summed E-state index contributed by atoms with van der Waals surface area (Å²) in [4.78, 5) is 11.5. The molecule has 11 atom stereocenters. The molecule has 4 aliphatic carbocycles. The van der Waals surface area contributed by atoms with Crippen molar-refractivity contribution in [3.8, 4) is 0 Å². The Kier molecular flexibility index (Phi) is 5.71. The minimum atomic E-state index is -0.306. The van der Waals surface area contributed by atoms with Gasteiger partial charge in [-0.25, -0.2) is 0 Å². The van der Waals surface area contributed by atoms with Crippen molar-refractivity contribution in [2.75, 3.05) is 0 Å². The monoisotopic (exact) mass is 405 g/mol. The minimum Gasteiger partial charge on any atom is -0.393 e. The van der Waals surface area contributed by atoms with Crippen molar-refractivity contribution < 1.29 is 15.0 Å². The molecule has 0 spiro atoms. The highest BCUT2D eigenvalue weighted by atomic mass is 16.3. The average Bonchev–Trinajstić information content (AvgIpc) is 3.01. The van der Waals surface area contributed by atoms with Gasteiger partial charge in [-0.05, 0) is 105 Å². The van der Waals surface area contributed by atoms with E-state index in [0.717, 1.165) is 51.4 Å². The zero-order valence-electron chi connectivity index (χ0n) is 18.9. The molecule has 29 heavy (non-hydrogen) atoms. The first kappa shape index (κ1) is 21.8. The number of carbonyl (C=O) groups excluding carboxylic acids is 1. The largest absolute Gasteiger partial charge is 0.393 e. The molecular formula is C25H43NO3. The number of nitrogens with two attached hydrogens (primary N) is 1. The van der Waals surface area contributed by atoms with Crippen LogP contribution in [0.2, 0.25) is 0 Å². The quantitative estimate of drug-likeness (QED) is 0.662. The second-order valence-corrected chi connectivity index (χ2v) is 11.8. The van der Waals surface area contributed by atoms with Gasteiger partial charge in [0, 0.05) is 12.5 Å². The van der Waals surface area contributed by atoms with Crippen molar-refractivity contribution in [2.45, 2.75) is 104 Å². The third-order valence-corrected chi connectivity index (χ3v) is 10.5. The Hall–Kier alpha value is -0.450. The topological polar surface area (TPSA) is 83.5 Å². The van der Waals surface area contributed by atoms with Gasteiger partial charge in [0.1, 0.15) is 5.78 Å². The summed E-state index contributed by atoms with van der Waals surface area (Å²) in [7, 11) is 0. The Labute approximate surface area is 177 Å². The molecular weight excluding hydrogens is 362 g/mol. The third kappa shape index (κ3) is 3.32. The molecule has 4 N–H and O–H groups in total. The molecule has 4 aliphatic rings. The fourth-order valence-corrected chi connectivity index (χ4v) is 8.82. The molecule has 0 aromatic rings. The highest BCUT2D eigenvalue weighted by molar-refractivity contribution is 5.75. The van der Waals surface area contributed by atoms with Crippen LogP contribution in [0, 0.1) is 46.3 Å². The molecule has 0 aliphatic heterocycles. The smallest absolute Gasteiger partial charge is 0.129 e. The summed E-state index contributed by atoms with van der Waals surface area (Å²) in [5.41, 5.74) is 6.37. The van der Waals surface area contributed by atoms with Crippen LogP contribution in [0.4, 0.5) is 0 Å². The number of fused-ring (bicyclic) bond motifs is 5. The number of aliphatic hydroxyl groups excluding tert-OH is 2. The van der Waals surface area contributed by atoms with Gasteiger partial charge in [0.15, 0.2) is 0 Å². The second kappa shape index (κ2) is 7.60. The maximum Gasteiger partial charge on any atom is 0.129 e. The molecule has 0 heterocycles. The summed E-state index contributed by atoms with van der Waals surface area (Å²) in [6, 6.07) is 0.272. The number of carbonyl (C=O) groups is 1. The Morgan fingerprint density at radius 1 is 1.10 bits per heavy atom. The number of aliphatic hydroxyl groups is 2. The lowest BCUT2D eigenvalue weighted by Gasteiger charge is -2.63. The Balaban J connectivity index is 1.61. The number of hydrogen-bond acceptors (Lipinski definition) is 4. The molecule has 4 nitrogen and oxygen atoms in total. The van der Waals surface area contributed by atoms with Gasteiger partial charge in [-0.1, -0.05) is 20.8 Å².